The maximum absolute atomic E-state index is 13.7. The molecule has 4 heterocycles. The normalized spacial score (nSPS) is 21.7. The van der Waals surface area contributed by atoms with Crippen molar-refractivity contribution in [2.75, 3.05) is 11.9 Å². The zero-order chi connectivity index (χ0) is 24.0. The summed E-state index contributed by atoms with van der Waals surface area (Å²) in [6.45, 7) is 4.49. The Morgan fingerprint density at radius 2 is 1.91 bits per heavy atom. The highest BCUT2D eigenvalue weighted by Gasteiger charge is 2.47. The molecule has 7 nitrogen and oxygen atoms in total. The monoisotopic (exact) mass is 468 g/mol. The Balaban J connectivity index is 1.39. The van der Waals surface area contributed by atoms with Crippen molar-refractivity contribution < 1.29 is 18.0 Å². The maximum Gasteiger partial charge on any atom is 0.434 e. The SMILES string of the molecule is Cc1cnc(C(=O)N2CC3CC(Nc4cnc(C(F)(F)F)cn4)C2C3)c(-c2ncccc2C)c1. The number of amides is 1. The van der Waals surface area contributed by atoms with Crippen LogP contribution in [0, 0.1) is 19.8 Å². The minimum Gasteiger partial charge on any atom is -0.364 e. The van der Waals surface area contributed by atoms with Crippen LogP contribution in [-0.2, 0) is 6.18 Å². The number of aryl methyl sites for hydroxylation is 2. The number of alkyl halides is 3. The van der Waals surface area contributed by atoms with Gasteiger partial charge >= 0.3 is 6.18 Å². The molecule has 3 aromatic heterocycles. The lowest BCUT2D eigenvalue weighted by molar-refractivity contribution is -0.141. The van der Waals surface area contributed by atoms with E-state index in [4.69, 9.17) is 0 Å². The molecule has 0 radical (unpaired) electrons. The second-order valence-corrected chi connectivity index (χ2v) is 8.98. The standard InChI is InChI=1S/C24H23F3N6O/c1-13-6-16(21-14(2)4-3-5-28-21)22(31-9-13)23(34)33-12-15-7-17(18(33)8-15)32-20-11-29-19(10-30-20)24(25,26)27/h3-6,9-11,15,17-18H,7-8,12H2,1-2H3,(H,30,32). The molecule has 1 aliphatic heterocycles. The molecule has 0 spiro atoms. The fraction of sp³-hybridized carbons (Fsp3) is 0.375. The predicted octanol–water partition coefficient (Wildman–Crippen LogP) is 4.28. The average molecular weight is 468 g/mol. The van der Waals surface area contributed by atoms with E-state index >= 15 is 0 Å². The lowest BCUT2D eigenvalue weighted by atomic mass is 10.0. The van der Waals surface area contributed by atoms with Gasteiger partial charge in [-0.15, -0.1) is 0 Å². The molecule has 3 atom stereocenters. The third kappa shape index (κ3) is 4.08. The number of aromatic nitrogens is 4. The molecule has 34 heavy (non-hydrogen) atoms. The Morgan fingerprint density at radius 1 is 1.09 bits per heavy atom. The van der Waals surface area contributed by atoms with E-state index in [1.54, 1.807) is 12.4 Å². The van der Waals surface area contributed by atoms with Gasteiger partial charge in [-0.25, -0.2) is 9.97 Å². The van der Waals surface area contributed by atoms with E-state index in [-0.39, 0.29) is 23.8 Å². The summed E-state index contributed by atoms with van der Waals surface area (Å²) in [4.78, 5) is 31.8. The summed E-state index contributed by atoms with van der Waals surface area (Å²) in [7, 11) is 0. The topological polar surface area (TPSA) is 83.9 Å². The molecular weight excluding hydrogens is 445 g/mol. The second-order valence-electron chi connectivity index (χ2n) is 8.98. The number of hydrogen-bond donors (Lipinski definition) is 1. The quantitative estimate of drug-likeness (QED) is 0.615. The summed E-state index contributed by atoms with van der Waals surface area (Å²) in [5.41, 5.74) is 2.62. The number of anilines is 1. The molecule has 1 N–H and O–H groups in total. The number of carbonyl (C=O) groups is 1. The highest BCUT2D eigenvalue weighted by molar-refractivity contribution is 5.99. The Labute approximate surface area is 194 Å². The van der Waals surface area contributed by atoms with E-state index in [0.717, 1.165) is 42.1 Å². The van der Waals surface area contributed by atoms with Crippen LogP contribution < -0.4 is 5.32 Å². The molecule has 0 aromatic carbocycles. The van der Waals surface area contributed by atoms with Gasteiger partial charge in [0.05, 0.1) is 24.1 Å². The van der Waals surface area contributed by atoms with Gasteiger partial charge in [0, 0.05) is 30.5 Å². The van der Waals surface area contributed by atoms with Crippen molar-refractivity contribution in [2.24, 2.45) is 5.92 Å². The van der Waals surface area contributed by atoms with Crippen LogP contribution in [-0.4, -0.2) is 49.4 Å². The van der Waals surface area contributed by atoms with Crippen molar-refractivity contribution in [3.63, 3.8) is 0 Å². The molecule has 5 rings (SSSR count). The first-order valence-electron chi connectivity index (χ1n) is 11.1. The van der Waals surface area contributed by atoms with Crippen LogP contribution in [0.25, 0.3) is 11.3 Å². The summed E-state index contributed by atoms with van der Waals surface area (Å²) >= 11 is 0. The highest BCUT2D eigenvalue weighted by atomic mass is 19.4. The van der Waals surface area contributed by atoms with E-state index in [2.05, 4.69) is 25.3 Å². The van der Waals surface area contributed by atoms with Crippen LogP contribution in [0.1, 0.15) is 40.2 Å². The largest absolute Gasteiger partial charge is 0.434 e. The minimum atomic E-state index is -4.54. The number of carbonyl (C=O) groups excluding carboxylic acids is 1. The van der Waals surface area contributed by atoms with E-state index in [1.807, 2.05) is 36.9 Å². The van der Waals surface area contributed by atoms with Crippen LogP contribution in [0.15, 0.2) is 43.0 Å². The van der Waals surface area contributed by atoms with Crippen LogP contribution >= 0.6 is 0 Å². The lowest BCUT2D eigenvalue weighted by Crippen LogP contribution is -2.48. The van der Waals surface area contributed by atoms with Gasteiger partial charge in [0.2, 0.25) is 0 Å². The third-order valence-electron chi connectivity index (χ3n) is 6.51. The van der Waals surface area contributed by atoms with E-state index in [0.29, 0.717) is 23.7 Å². The van der Waals surface area contributed by atoms with Crippen molar-refractivity contribution in [1.29, 1.82) is 0 Å². The number of fused-ring (bicyclic) bond motifs is 2. The van der Waals surface area contributed by atoms with Crippen LogP contribution in [0.5, 0.6) is 0 Å². The predicted molar refractivity (Wildman–Crippen MR) is 119 cm³/mol. The Bertz CT molecular complexity index is 1230. The summed E-state index contributed by atoms with van der Waals surface area (Å²) in [6.07, 6.45) is 2.27. The highest BCUT2D eigenvalue weighted by Crippen LogP contribution is 2.40. The summed E-state index contributed by atoms with van der Waals surface area (Å²) in [5, 5.41) is 3.18. The van der Waals surface area contributed by atoms with E-state index in [1.165, 1.54) is 0 Å². The molecular formula is C24H23F3N6O. The molecule has 176 valence electrons. The first-order valence-corrected chi connectivity index (χ1v) is 11.1. The van der Waals surface area contributed by atoms with Crippen molar-refractivity contribution in [3.05, 3.63) is 65.5 Å². The lowest BCUT2D eigenvalue weighted by Gasteiger charge is -2.34. The fourth-order valence-corrected chi connectivity index (χ4v) is 4.98. The van der Waals surface area contributed by atoms with Gasteiger partial charge in [-0.3, -0.25) is 14.8 Å². The number of piperidine rings is 1. The Hall–Kier alpha value is -3.56. The number of nitrogens with one attached hydrogen (secondary N) is 1. The number of rotatable bonds is 4. The summed E-state index contributed by atoms with van der Waals surface area (Å²) < 4.78 is 38.3. The van der Waals surface area contributed by atoms with Gasteiger partial charge in [0.1, 0.15) is 11.5 Å². The Morgan fingerprint density at radius 3 is 2.59 bits per heavy atom. The molecule has 3 aromatic rings. The summed E-state index contributed by atoms with van der Waals surface area (Å²) in [5.74, 6) is 0.396. The molecule has 1 saturated carbocycles. The fourth-order valence-electron chi connectivity index (χ4n) is 4.98. The maximum atomic E-state index is 13.7. The zero-order valence-corrected chi connectivity index (χ0v) is 18.7. The van der Waals surface area contributed by atoms with Gasteiger partial charge in [-0.05, 0) is 55.9 Å². The smallest absolute Gasteiger partial charge is 0.364 e. The number of pyridine rings is 2. The van der Waals surface area contributed by atoms with Crippen molar-refractivity contribution in [2.45, 2.75) is 44.9 Å². The minimum absolute atomic E-state index is 0.109. The molecule has 2 aliphatic rings. The van der Waals surface area contributed by atoms with Gasteiger partial charge < -0.3 is 10.2 Å². The number of halogens is 3. The molecule has 10 heteroatoms. The van der Waals surface area contributed by atoms with Gasteiger partial charge in [-0.2, -0.15) is 13.2 Å². The van der Waals surface area contributed by atoms with Gasteiger partial charge in [0.15, 0.2) is 5.69 Å². The molecule has 3 unspecified atom stereocenters. The molecule has 1 aliphatic carbocycles. The first-order chi connectivity index (χ1) is 16.2. The second kappa shape index (κ2) is 8.34. The number of nitrogens with zero attached hydrogens (tertiary/aromatic N) is 5. The number of hydrogen-bond acceptors (Lipinski definition) is 6. The zero-order valence-electron chi connectivity index (χ0n) is 18.7. The van der Waals surface area contributed by atoms with Crippen LogP contribution in [0.2, 0.25) is 0 Å². The van der Waals surface area contributed by atoms with Crippen molar-refractivity contribution in [3.8, 4) is 11.3 Å². The molecule has 2 bridgehead atoms. The first kappa shape index (κ1) is 22.2. The number of likely N-dealkylation sites (tertiary alicyclic amines) is 1. The molecule has 1 saturated heterocycles. The van der Waals surface area contributed by atoms with E-state index < -0.39 is 11.9 Å². The third-order valence-corrected chi connectivity index (χ3v) is 6.51. The van der Waals surface area contributed by atoms with Crippen molar-refractivity contribution >= 4 is 11.7 Å². The molecule has 2 fully saturated rings. The Kier molecular flexibility index (Phi) is 5.45. The van der Waals surface area contributed by atoms with E-state index in [9.17, 15) is 18.0 Å². The molecule has 1 amide bonds. The van der Waals surface area contributed by atoms with Crippen LogP contribution in [0.4, 0.5) is 19.0 Å². The van der Waals surface area contributed by atoms with Crippen LogP contribution in [0.3, 0.4) is 0 Å². The summed E-state index contributed by atoms with van der Waals surface area (Å²) in [6, 6.07) is 5.49. The van der Waals surface area contributed by atoms with Gasteiger partial charge in [-0.1, -0.05) is 6.07 Å². The van der Waals surface area contributed by atoms with Gasteiger partial charge in [0.25, 0.3) is 5.91 Å². The average Bonchev–Trinajstić information content (AvgIpc) is 3.39. The van der Waals surface area contributed by atoms with Crippen molar-refractivity contribution in [1.82, 2.24) is 24.8 Å².